The molecule has 0 atom stereocenters. The molecular weight excluding hydrogens is 230 g/mol. The Morgan fingerprint density at radius 1 is 1.60 bits per heavy atom. The van der Waals surface area contributed by atoms with Crippen molar-refractivity contribution in [3.05, 3.63) is 11.6 Å². The molecule has 0 fully saturated rings. The van der Waals surface area contributed by atoms with Gasteiger partial charge in [-0.1, -0.05) is 5.92 Å². The number of aromatic nitrogens is 4. The molecule has 2 rings (SSSR count). The van der Waals surface area contributed by atoms with Gasteiger partial charge in [0.25, 0.3) is 0 Å². The lowest BCUT2D eigenvalue weighted by Gasteiger charge is -2.00. The van der Waals surface area contributed by atoms with Crippen molar-refractivity contribution in [1.29, 1.82) is 0 Å². The summed E-state index contributed by atoms with van der Waals surface area (Å²) in [6.45, 7) is 0.387. The smallest absolute Gasteiger partial charge is 0.225 e. The third-order valence-corrected chi connectivity index (χ3v) is 2.45. The number of hydrogen-bond acceptors (Lipinski definition) is 4. The molecule has 0 saturated carbocycles. The molecule has 0 aliphatic rings. The molecule has 0 N–H and O–H groups in total. The van der Waals surface area contributed by atoms with Crippen LogP contribution < -0.4 is 0 Å². The van der Waals surface area contributed by atoms with Gasteiger partial charge in [-0.3, -0.25) is 0 Å². The largest absolute Gasteiger partial charge is 0.303 e. The standard InChI is InChI=1S/C8H4BClN4S/c1-2-3-14-4-11-5-6(14)12-8(10)13-7(5)15-9/h1,4H,3H2. The van der Waals surface area contributed by atoms with Crippen molar-refractivity contribution < 1.29 is 0 Å². The van der Waals surface area contributed by atoms with Crippen LogP contribution in [0.25, 0.3) is 11.2 Å². The third kappa shape index (κ3) is 1.81. The van der Waals surface area contributed by atoms with Gasteiger partial charge in [0.15, 0.2) is 12.8 Å². The van der Waals surface area contributed by atoms with Crippen molar-refractivity contribution in [2.75, 3.05) is 0 Å². The summed E-state index contributed by atoms with van der Waals surface area (Å²) in [5.74, 6) is 2.50. The van der Waals surface area contributed by atoms with E-state index in [2.05, 4.69) is 20.9 Å². The average molecular weight is 234 g/mol. The molecule has 2 heterocycles. The van der Waals surface area contributed by atoms with Crippen LogP contribution in [0.4, 0.5) is 0 Å². The summed E-state index contributed by atoms with van der Waals surface area (Å²) in [7, 11) is 5.45. The average Bonchev–Trinajstić information content (AvgIpc) is 2.61. The molecule has 7 heteroatoms. The highest BCUT2D eigenvalue weighted by Crippen LogP contribution is 2.22. The van der Waals surface area contributed by atoms with Gasteiger partial charge >= 0.3 is 0 Å². The van der Waals surface area contributed by atoms with Crippen LogP contribution in [0.2, 0.25) is 5.28 Å². The van der Waals surface area contributed by atoms with Crippen LogP contribution >= 0.6 is 23.2 Å². The van der Waals surface area contributed by atoms with E-state index in [0.29, 0.717) is 22.7 Å². The Kier molecular flexibility index (Phi) is 2.85. The van der Waals surface area contributed by atoms with Gasteiger partial charge in [-0.15, -0.1) is 6.42 Å². The van der Waals surface area contributed by atoms with Crippen LogP contribution in [0.5, 0.6) is 0 Å². The van der Waals surface area contributed by atoms with Crippen molar-refractivity contribution in [3.63, 3.8) is 0 Å². The lowest BCUT2D eigenvalue weighted by Crippen LogP contribution is -1.96. The van der Waals surface area contributed by atoms with E-state index in [0.717, 1.165) is 11.6 Å². The quantitative estimate of drug-likeness (QED) is 0.340. The number of rotatable bonds is 2. The number of terminal acetylenes is 1. The third-order valence-electron chi connectivity index (χ3n) is 1.78. The maximum Gasteiger partial charge on any atom is 0.225 e. The van der Waals surface area contributed by atoms with Gasteiger partial charge in [0.2, 0.25) is 5.28 Å². The van der Waals surface area contributed by atoms with E-state index in [1.165, 1.54) is 0 Å². The van der Waals surface area contributed by atoms with Crippen molar-refractivity contribution in [2.45, 2.75) is 11.6 Å². The minimum Gasteiger partial charge on any atom is -0.303 e. The lowest BCUT2D eigenvalue weighted by atomic mass is 10.5. The van der Waals surface area contributed by atoms with Crippen molar-refractivity contribution in [3.8, 4) is 12.3 Å². The van der Waals surface area contributed by atoms with E-state index in [-0.39, 0.29) is 5.28 Å². The summed E-state index contributed by atoms with van der Waals surface area (Å²) in [5.41, 5.74) is 1.21. The Bertz CT molecular complexity index is 547. The van der Waals surface area contributed by atoms with E-state index in [4.69, 9.17) is 25.1 Å². The lowest BCUT2D eigenvalue weighted by molar-refractivity contribution is 0.855. The molecule has 0 aliphatic carbocycles. The van der Waals surface area contributed by atoms with Crippen LogP contribution in [0.15, 0.2) is 11.4 Å². The monoisotopic (exact) mass is 234 g/mol. The predicted molar refractivity (Wildman–Crippen MR) is 60.8 cm³/mol. The second-order valence-corrected chi connectivity index (χ2v) is 3.62. The fourth-order valence-corrected chi connectivity index (χ4v) is 1.80. The van der Waals surface area contributed by atoms with Crippen LogP contribution in [0.3, 0.4) is 0 Å². The Morgan fingerprint density at radius 3 is 3.07 bits per heavy atom. The molecule has 0 unspecified atom stereocenters. The van der Waals surface area contributed by atoms with Crippen LogP contribution in [-0.2, 0) is 6.54 Å². The molecule has 0 saturated heterocycles. The highest BCUT2D eigenvalue weighted by molar-refractivity contribution is 8.19. The Labute approximate surface area is 96.8 Å². The minimum absolute atomic E-state index is 0.134. The molecule has 15 heavy (non-hydrogen) atoms. The molecule has 0 spiro atoms. The Morgan fingerprint density at radius 2 is 2.40 bits per heavy atom. The first-order chi connectivity index (χ1) is 7.26. The summed E-state index contributed by atoms with van der Waals surface area (Å²) in [5, 5.41) is 0.676. The minimum atomic E-state index is 0.134. The van der Waals surface area contributed by atoms with E-state index in [9.17, 15) is 0 Å². The first-order valence-electron chi connectivity index (χ1n) is 3.95. The zero-order chi connectivity index (χ0) is 10.8. The van der Waals surface area contributed by atoms with Gasteiger partial charge in [0.05, 0.1) is 12.9 Å². The molecule has 2 radical (unpaired) electrons. The molecule has 0 aliphatic heterocycles. The number of imidazole rings is 1. The summed E-state index contributed by atoms with van der Waals surface area (Å²) in [6.07, 6.45) is 6.81. The first kappa shape index (κ1) is 10.3. The van der Waals surface area contributed by atoms with Gasteiger partial charge < -0.3 is 4.57 Å². The van der Waals surface area contributed by atoms with Crippen LogP contribution in [-0.4, -0.2) is 26.6 Å². The molecule has 0 amide bonds. The molecule has 0 aromatic carbocycles. The maximum absolute atomic E-state index is 5.75. The molecule has 2 aromatic heterocycles. The van der Waals surface area contributed by atoms with Crippen LogP contribution in [0.1, 0.15) is 0 Å². The second-order valence-electron chi connectivity index (χ2n) is 2.66. The fraction of sp³-hybridized carbons (Fsp3) is 0.125. The maximum atomic E-state index is 5.75. The van der Waals surface area contributed by atoms with Gasteiger partial charge in [-0.2, -0.15) is 16.6 Å². The molecular formula is C8H4BClN4S. The first-order valence-corrected chi connectivity index (χ1v) is 5.20. The fourth-order valence-electron chi connectivity index (χ4n) is 1.19. The highest BCUT2D eigenvalue weighted by atomic mass is 35.5. The predicted octanol–water partition coefficient (Wildman–Crippen LogP) is 1.29. The van der Waals surface area contributed by atoms with Gasteiger partial charge in [0, 0.05) is 0 Å². The van der Waals surface area contributed by atoms with E-state index in [1.54, 1.807) is 10.9 Å². The van der Waals surface area contributed by atoms with Gasteiger partial charge in [-0.05, 0) is 11.6 Å². The van der Waals surface area contributed by atoms with Crippen molar-refractivity contribution in [1.82, 2.24) is 19.5 Å². The van der Waals surface area contributed by atoms with E-state index >= 15 is 0 Å². The normalized spacial score (nSPS) is 10.4. The van der Waals surface area contributed by atoms with Crippen molar-refractivity contribution >= 4 is 41.5 Å². The summed E-state index contributed by atoms with van der Waals surface area (Å²) < 4.78 is 1.71. The summed E-state index contributed by atoms with van der Waals surface area (Å²) in [4.78, 5) is 12.1. The van der Waals surface area contributed by atoms with Crippen LogP contribution in [0, 0.1) is 12.3 Å². The second kappa shape index (κ2) is 4.13. The number of nitrogens with zero attached hydrogens (tertiary/aromatic N) is 4. The zero-order valence-electron chi connectivity index (χ0n) is 7.51. The van der Waals surface area contributed by atoms with Gasteiger partial charge in [0.1, 0.15) is 10.5 Å². The Balaban J connectivity index is 2.70. The molecule has 4 nitrogen and oxygen atoms in total. The Hall–Kier alpha value is -1.19. The number of hydrogen-bond donors (Lipinski definition) is 0. The summed E-state index contributed by atoms with van der Waals surface area (Å²) in [6, 6.07) is 0. The number of halogens is 1. The number of fused-ring (bicyclic) bond motifs is 1. The molecule has 2 aromatic rings. The molecule has 0 bridgehead atoms. The van der Waals surface area contributed by atoms with Crippen molar-refractivity contribution in [2.24, 2.45) is 0 Å². The SMILES string of the molecule is [B]Sc1nc(Cl)nc2c1ncn2CC#C. The molecule has 72 valence electrons. The zero-order valence-corrected chi connectivity index (χ0v) is 9.09. The summed E-state index contributed by atoms with van der Waals surface area (Å²) >= 11 is 6.73. The topological polar surface area (TPSA) is 43.6 Å². The van der Waals surface area contributed by atoms with Gasteiger partial charge in [-0.25, -0.2) is 9.97 Å². The highest BCUT2D eigenvalue weighted by Gasteiger charge is 2.10. The van der Waals surface area contributed by atoms with E-state index < -0.39 is 0 Å². The van der Waals surface area contributed by atoms with E-state index in [1.807, 2.05) is 0 Å².